The van der Waals surface area contributed by atoms with E-state index in [0.717, 1.165) is 24.0 Å². The molecule has 1 saturated carbocycles. The number of hydrogen-bond acceptors (Lipinski definition) is 8. The summed E-state index contributed by atoms with van der Waals surface area (Å²) in [5, 5.41) is 11.8. The zero-order chi connectivity index (χ0) is 35.5. The summed E-state index contributed by atoms with van der Waals surface area (Å²) in [4.78, 5) is 14.1. The largest absolute Gasteiger partial charge is 0.417 e. The van der Waals surface area contributed by atoms with Gasteiger partial charge in [0.15, 0.2) is 20.4 Å². The molecule has 1 saturated heterocycles. The number of aliphatic hydroxyl groups excluding tert-OH is 1. The molecule has 7 atom stereocenters. The lowest BCUT2D eigenvalue weighted by Crippen LogP contribution is -2.60. The Morgan fingerprint density at radius 1 is 1.02 bits per heavy atom. The molecule has 2 aromatic rings. The minimum Gasteiger partial charge on any atom is -0.417 e. The van der Waals surface area contributed by atoms with Gasteiger partial charge in [0.05, 0.1) is 19.3 Å². The molecular weight excluding hydrogens is 637 g/mol. The van der Waals surface area contributed by atoms with Crippen LogP contribution in [0, 0.1) is 17.3 Å². The van der Waals surface area contributed by atoms with Gasteiger partial charge in [0.2, 0.25) is 0 Å². The van der Waals surface area contributed by atoms with Crippen LogP contribution < -0.4 is 0 Å². The van der Waals surface area contributed by atoms with Crippen molar-refractivity contribution in [1.29, 1.82) is 0 Å². The Bertz CT molecular complexity index is 1400. The molecule has 3 aliphatic rings. The third-order valence-electron chi connectivity index (χ3n) is 11.7. The number of hydrogen-bond donors (Lipinski definition) is 1. The fourth-order valence-electron chi connectivity index (χ4n) is 7.51. The molecule has 1 heterocycles. The Kier molecular flexibility index (Phi) is 12.1. The first kappa shape index (κ1) is 38.0. The molecule has 2 aliphatic carbocycles. The van der Waals surface area contributed by atoms with Crippen molar-refractivity contribution in [1.82, 2.24) is 0 Å². The van der Waals surface area contributed by atoms with E-state index in [9.17, 15) is 9.90 Å². The Hall–Kier alpha value is -2.21. The van der Waals surface area contributed by atoms with E-state index in [2.05, 4.69) is 53.8 Å². The lowest BCUT2D eigenvalue weighted by molar-refractivity contribution is -0.320. The summed E-state index contributed by atoms with van der Waals surface area (Å²) in [6, 6.07) is 20.0. The fraction of sp³-hybridized carbons (Fsp3) is 0.625. The molecule has 5 rings (SSSR count). The van der Waals surface area contributed by atoms with Gasteiger partial charge >= 0.3 is 0 Å². The van der Waals surface area contributed by atoms with Crippen molar-refractivity contribution in [3.8, 4) is 0 Å². The Labute approximate surface area is 294 Å². The molecule has 2 bridgehead atoms. The van der Waals surface area contributed by atoms with Crippen LogP contribution in [0.1, 0.15) is 77.7 Å². The van der Waals surface area contributed by atoms with Crippen LogP contribution in [-0.2, 0) is 39.5 Å². The zero-order valence-electron chi connectivity index (χ0n) is 30.8. The van der Waals surface area contributed by atoms with Gasteiger partial charge in [-0.1, -0.05) is 107 Å². The maximum absolute atomic E-state index is 14.1. The predicted octanol–water partition coefficient (Wildman–Crippen LogP) is 7.77. The molecule has 0 radical (unpaired) electrons. The second kappa shape index (κ2) is 15.6. The highest BCUT2D eigenvalue weighted by atomic mass is 28.4. The fourth-order valence-corrected chi connectivity index (χ4v) is 8.57. The maximum Gasteiger partial charge on any atom is 0.191 e. The van der Waals surface area contributed by atoms with Crippen molar-refractivity contribution >= 4 is 14.1 Å². The summed E-state index contributed by atoms with van der Waals surface area (Å²) >= 11 is 0. The number of ether oxygens (including phenoxy) is 5. The summed E-state index contributed by atoms with van der Waals surface area (Å²) in [5.41, 5.74) is 1.80. The van der Waals surface area contributed by atoms with E-state index < -0.39 is 44.4 Å². The number of methoxy groups -OCH3 is 1. The third-order valence-corrected chi connectivity index (χ3v) is 16.2. The van der Waals surface area contributed by atoms with Gasteiger partial charge in [-0.15, -0.1) is 0 Å². The minimum absolute atomic E-state index is 0.0127. The Morgan fingerprint density at radius 2 is 1.69 bits per heavy atom. The number of ketones is 1. The lowest BCUT2D eigenvalue weighted by atomic mass is 9.73. The third kappa shape index (κ3) is 8.31. The normalized spacial score (nSPS) is 31.8. The van der Waals surface area contributed by atoms with E-state index in [-0.39, 0.29) is 42.0 Å². The number of carbonyl (C=O) groups is 1. The smallest absolute Gasteiger partial charge is 0.191 e. The standard InChI is InChI=1S/C40H58O8Si/c1-38(2,3)49(7,8)47-22-21-34-40(46-25-28-15-11-9-12-16-28,26-44-37(48-34)29-17-13-10-14-18-29)31-23-30-19-20-32(39(30,4)5)36(45-27-43-6)35(42)33(41)24-31/h9-18,23,31-34,36-37,41H,19-22,24-27H2,1-8H3/b30-23-/t31-,32+,33+,34-,36+,37+,40+/m0/s1. The molecule has 49 heavy (non-hydrogen) atoms. The second-order valence-electron chi connectivity index (χ2n) is 16.1. The maximum atomic E-state index is 14.1. The molecule has 0 spiro atoms. The van der Waals surface area contributed by atoms with Crippen LogP contribution in [-0.4, -0.2) is 70.2 Å². The molecule has 270 valence electrons. The molecule has 1 aliphatic heterocycles. The highest BCUT2D eigenvalue weighted by Gasteiger charge is 2.55. The number of carbonyl (C=O) groups excluding carboxylic acids is 1. The Morgan fingerprint density at radius 3 is 2.35 bits per heavy atom. The molecule has 8 nitrogen and oxygen atoms in total. The van der Waals surface area contributed by atoms with Gasteiger partial charge < -0.3 is 33.2 Å². The van der Waals surface area contributed by atoms with Crippen molar-refractivity contribution in [2.24, 2.45) is 17.3 Å². The lowest BCUT2D eigenvalue weighted by Gasteiger charge is -2.50. The Balaban J connectivity index is 1.58. The first-order valence-electron chi connectivity index (χ1n) is 17.9. The van der Waals surface area contributed by atoms with Crippen molar-refractivity contribution < 1.29 is 38.0 Å². The zero-order valence-corrected chi connectivity index (χ0v) is 31.8. The second-order valence-corrected chi connectivity index (χ2v) is 20.9. The van der Waals surface area contributed by atoms with E-state index in [4.69, 9.17) is 28.1 Å². The molecule has 0 unspecified atom stereocenters. The van der Waals surface area contributed by atoms with Crippen LogP contribution in [0.3, 0.4) is 0 Å². The SMILES string of the molecule is COCO[C@H]1C(=O)[C@H](O)C[C@@H]([C@]2(OCc3ccccc3)CO[C@@H](c3ccccc3)O[C@H]2CCO[Si](C)(C)C(C)(C)C)/C=C2/CC[C@H]1C2(C)C. The topological polar surface area (TPSA) is 92.7 Å². The minimum atomic E-state index is -2.07. The molecule has 2 fully saturated rings. The van der Waals surface area contributed by atoms with Crippen molar-refractivity contribution in [3.05, 3.63) is 83.4 Å². The summed E-state index contributed by atoms with van der Waals surface area (Å²) in [6.45, 7) is 16.6. The van der Waals surface area contributed by atoms with Crippen molar-refractivity contribution in [2.45, 2.75) is 115 Å². The van der Waals surface area contributed by atoms with Gasteiger partial charge in [-0.25, -0.2) is 0 Å². The van der Waals surface area contributed by atoms with E-state index in [1.54, 1.807) is 7.11 Å². The number of fused-ring (bicyclic) bond motifs is 2. The number of rotatable bonds is 12. The van der Waals surface area contributed by atoms with Crippen molar-refractivity contribution in [3.63, 3.8) is 0 Å². The molecule has 0 aromatic heterocycles. The van der Waals surface area contributed by atoms with E-state index in [0.29, 0.717) is 19.6 Å². The number of allylic oxidation sites excluding steroid dienone is 1. The highest BCUT2D eigenvalue weighted by Crippen LogP contribution is 2.53. The van der Waals surface area contributed by atoms with Crippen LogP contribution in [0.15, 0.2) is 72.3 Å². The molecule has 2 aromatic carbocycles. The quantitative estimate of drug-likeness (QED) is 0.137. The van der Waals surface area contributed by atoms with Crippen LogP contribution in [0.2, 0.25) is 18.1 Å². The average Bonchev–Trinajstić information content (AvgIpc) is 3.37. The first-order valence-corrected chi connectivity index (χ1v) is 20.8. The van der Waals surface area contributed by atoms with Gasteiger partial charge in [-0.3, -0.25) is 4.79 Å². The van der Waals surface area contributed by atoms with Gasteiger partial charge in [-0.05, 0) is 54.8 Å². The average molecular weight is 695 g/mol. The molecular formula is C40H58O8Si. The van der Waals surface area contributed by atoms with Crippen LogP contribution in [0.5, 0.6) is 0 Å². The summed E-state index contributed by atoms with van der Waals surface area (Å²) in [7, 11) is -0.519. The summed E-state index contributed by atoms with van der Waals surface area (Å²) in [6.07, 6.45) is 1.48. The van der Waals surface area contributed by atoms with Gasteiger partial charge in [0, 0.05) is 31.1 Å². The molecule has 9 heteroatoms. The van der Waals surface area contributed by atoms with E-state index in [1.165, 1.54) is 5.57 Å². The van der Waals surface area contributed by atoms with Gasteiger partial charge in [0.1, 0.15) is 24.6 Å². The highest BCUT2D eigenvalue weighted by molar-refractivity contribution is 6.74. The summed E-state index contributed by atoms with van der Waals surface area (Å²) < 4.78 is 38.7. The number of Topliss-reactive ketones (excluding diaryl/α,β-unsaturated/α-hetero) is 1. The van der Waals surface area contributed by atoms with E-state index in [1.807, 2.05) is 60.7 Å². The van der Waals surface area contributed by atoms with Gasteiger partial charge in [-0.2, -0.15) is 0 Å². The summed E-state index contributed by atoms with van der Waals surface area (Å²) in [5.74, 6) is -0.808. The first-order chi connectivity index (χ1) is 23.2. The van der Waals surface area contributed by atoms with Crippen LogP contribution in [0.4, 0.5) is 0 Å². The number of benzene rings is 2. The van der Waals surface area contributed by atoms with E-state index >= 15 is 0 Å². The monoisotopic (exact) mass is 694 g/mol. The van der Waals surface area contributed by atoms with Crippen molar-refractivity contribution in [2.75, 3.05) is 27.1 Å². The molecule has 0 amide bonds. The van der Waals surface area contributed by atoms with Crippen LogP contribution in [0.25, 0.3) is 0 Å². The number of aliphatic hydroxyl groups is 1. The predicted molar refractivity (Wildman–Crippen MR) is 192 cm³/mol. The van der Waals surface area contributed by atoms with Crippen LogP contribution >= 0.6 is 0 Å². The molecule has 1 N–H and O–H groups in total. The van der Waals surface area contributed by atoms with Gasteiger partial charge in [0.25, 0.3) is 0 Å².